The van der Waals surface area contributed by atoms with Crippen LogP contribution in [0.3, 0.4) is 0 Å². The number of anilines is 1. The molecule has 3 nitrogen and oxygen atoms in total. The summed E-state index contributed by atoms with van der Waals surface area (Å²) < 4.78 is 17.6. The molecule has 1 fully saturated rings. The van der Waals surface area contributed by atoms with Gasteiger partial charge in [-0.1, -0.05) is 11.6 Å². The number of halogens is 1. The average molecular weight is 260 g/mol. The molecular formula is C11H14ClNO2S. The fourth-order valence-corrected chi connectivity index (χ4v) is 3.48. The van der Waals surface area contributed by atoms with E-state index in [2.05, 4.69) is 0 Å². The fourth-order valence-electron chi connectivity index (χ4n) is 1.74. The van der Waals surface area contributed by atoms with Crippen LogP contribution in [0.15, 0.2) is 23.1 Å². The molecule has 0 aliphatic carbocycles. The molecule has 0 bridgehead atoms. The van der Waals surface area contributed by atoms with E-state index in [0.29, 0.717) is 22.2 Å². The Bertz CT molecular complexity index is 405. The summed E-state index contributed by atoms with van der Waals surface area (Å²) in [4.78, 5) is 0.628. The van der Waals surface area contributed by atoms with Crippen molar-refractivity contribution in [3.63, 3.8) is 0 Å². The van der Waals surface area contributed by atoms with Crippen molar-refractivity contribution in [3.05, 3.63) is 23.2 Å². The Morgan fingerprint density at radius 3 is 3.00 bits per heavy atom. The molecule has 88 valence electrons. The van der Waals surface area contributed by atoms with Crippen LogP contribution in [0.25, 0.3) is 0 Å². The van der Waals surface area contributed by atoms with Gasteiger partial charge < -0.3 is 10.5 Å². The maximum Gasteiger partial charge on any atom is 0.0635 e. The number of benzene rings is 1. The maximum atomic E-state index is 12.3. The molecule has 0 radical (unpaired) electrons. The van der Waals surface area contributed by atoms with Gasteiger partial charge in [0.15, 0.2) is 0 Å². The first-order valence-corrected chi connectivity index (χ1v) is 6.81. The number of hydrogen-bond donors (Lipinski definition) is 1. The molecular weight excluding hydrogens is 246 g/mol. The summed E-state index contributed by atoms with van der Waals surface area (Å²) in [5.41, 5.74) is 6.34. The number of ether oxygens (including phenoxy) is 1. The van der Waals surface area contributed by atoms with E-state index in [1.807, 2.05) is 0 Å². The quantitative estimate of drug-likeness (QED) is 0.829. The highest BCUT2D eigenvalue weighted by molar-refractivity contribution is 7.85. The van der Waals surface area contributed by atoms with Crippen LogP contribution in [0.2, 0.25) is 5.02 Å². The second kappa shape index (κ2) is 5.17. The molecule has 0 spiro atoms. The summed E-state index contributed by atoms with van der Waals surface area (Å²) in [6, 6.07) is 5.08. The predicted octanol–water partition coefficient (Wildman–Crippen LogP) is 2.21. The zero-order valence-corrected chi connectivity index (χ0v) is 10.4. The second-order valence-corrected chi connectivity index (χ2v) is 5.96. The second-order valence-electron chi connectivity index (χ2n) is 3.82. The van der Waals surface area contributed by atoms with Crippen LogP contribution in [0.5, 0.6) is 0 Å². The van der Waals surface area contributed by atoms with Crippen molar-refractivity contribution in [1.82, 2.24) is 0 Å². The third kappa shape index (κ3) is 2.56. The van der Waals surface area contributed by atoms with Crippen molar-refractivity contribution < 1.29 is 8.95 Å². The van der Waals surface area contributed by atoms with E-state index in [1.54, 1.807) is 18.2 Å². The third-order valence-electron chi connectivity index (χ3n) is 2.61. The summed E-state index contributed by atoms with van der Waals surface area (Å²) in [6.07, 6.45) is 1.87. The number of rotatable bonds is 2. The van der Waals surface area contributed by atoms with Crippen molar-refractivity contribution in [2.45, 2.75) is 23.0 Å². The molecule has 1 aromatic rings. The number of nitrogen functional groups attached to an aromatic ring is 1. The molecule has 1 aliphatic rings. The largest absolute Gasteiger partial charge is 0.398 e. The lowest BCUT2D eigenvalue weighted by Gasteiger charge is -2.22. The minimum Gasteiger partial charge on any atom is -0.398 e. The van der Waals surface area contributed by atoms with E-state index in [1.165, 1.54) is 0 Å². The molecule has 1 aromatic carbocycles. The molecule has 1 saturated heterocycles. The summed E-state index contributed by atoms with van der Waals surface area (Å²) >= 11 is 5.88. The van der Waals surface area contributed by atoms with Gasteiger partial charge in [-0.2, -0.15) is 0 Å². The first-order valence-electron chi connectivity index (χ1n) is 5.22. The van der Waals surface area contributed by atoms with E-state index in [0.717, 1.165) is 19.4 Å². The maximum absolute atomic E-state index is 12.3. The van der Waals surface area contributed by atoms with Crippen LogP contribution in [-0.2, 0) is 15.5 Å². The lowest BCUT2D eigenvalue weighted by atomic mass is 10.2. The molecule has 0 saturated carbocycles. The summed E-state index contributed by atoms with van der Waals surface area (Å²) in [5, 5.41) is 0.601. The minimum absolute atomic E-state index is 0.0366. The van der Waals surface area contributed by atoms with Gasteiger partial charge in [-0.15, -0.1) is 0 Å². The fraction of sp³-hybridized carbons (Fsp3) is 0.455. The first kappa shape index (κ1) is 11.9. The van der Waals surface area contributed by atoms with Crippen molar-refractivity contribution in [2.75, 3.05) is 18.9 Å². The standard InChI is InChI=1S/C11H14ClNO2S/c12-8-3-4-10(13)11(6-8)16(14)9-2-1-5-15-7-9/h3-4,6,9H,1-2,5,7,13H2. The molecule has 0 amide bonds. The monoisotopic (exact) mass is 259 g/mol. The Morgan fingerprint density at radius 1 is 1.50 bits per heavy atom. The van der Waals surface area contributed by atoms with E-state index in [-0.39, 0.29) is 5.25 Å². The summed E-state index contributed by atoms with van der Waals surface area (Å²) in [6.45, 7) is 1.30. The van der Waals surface area contributed by atoms with Crippen LogP contribution in [0.4, 0.5) is 5.69 Å². The van der Waals surface area contributed by atoms with Gasteiger partial charge in [0.05, 0.1) is 27.6 Å². The third-order valence-corrected chi connectivity index (χ3v) is 4.61. The first-order chi connectivity index (χ1) is 7.68. The molecule has 0 aromatic heterocycles. The van der Waals surface area contributed by atoms with E-state index >= 15 is 0 Å². The Hall–Kier alpha value is -0.580. The minimum atomic E-state index is -1.13. The van der Waals surface area contributed by atoms with E-state index < -0.39 is 10.8 Å². The SMILES string of the molecule is Nc1ccc(Cl)cc1S(=O)C1CCCOC1. The number of nitrogens with two attached hydrogens (primary N) is 1. The van der Waals surface area contributed by atoms with Gasteiger partial charge in [0.25, 0.3) is 0 Å². The molecule has 5 heteroatoms. The normalized spacial score (nSPS) is 22.9. The van der Waals surface area contributed by atoms with Gasteiger partial charge in [0.2, 0.25) is 0 Å². The van der Waals surface area contributed by atoms with Crippen LogP contribution >= 0.6 is 11.6 Å². The molecule has 1 aliphatic heterocycles. The Kier molecular flexibility index (Phi) is 3.84. The highest BCUT2D eigenvalue weighted by atomic mass is 35.5. The van der Waals surface area contributed by atoms with Crippen LogP contribution in [0, 0.1) is 0 Å². The van der Waals surface area contributed by atoms with Gasteiger partial charge in [-0.05, 0) is 31.0 Å². The Labute approximate surface area is 102 Å². The molecule has 2 unspecified atom stereocenters. The molecule has 2 N–H and O–H groups in total. The van der Waals surface area contributed by atoms with Gasteiger partial charge in [0.1, 0.15) is 0 Å². The van der Waals surface area contributed by atoms with Crippen LogP contribution in [-0.4, -0.2) is 22.7 Å². The highest BCUT2D eigenvalue weighted by Crippen LogP contribution is 2.26. The van der Waals surface area contributed by atoms with Gasteiger partial charge in [-0.3, -0.25) is 4.21 Å². The average Bonchev–Trinajstić information content (AvgIpc) is 2.32. The van der Waals surface area contributed by atoms with Gasteiger partial charge in [0, 0.05) is 17.3 Å². The Balaban J connectivity index is 2.22. The van der Waals surface area contributed by atoms with Crippen LogP contribution in [0.1, 0.15) is 12.8 Å². The van der Waals surface area contributed by atoms with Crippen molar-refractivity contribution in [2.24, 2.45) is 0 Å². The zero-order chi connectivity index (χ0) is 11.5. The topological polar surface area (TPSA) is 52.3 Å². The lowest BCUT2D eigenvalue weighted by molar-refractivity contribution is 0.100. The summed E-state index contributed by atoms with van der Waals surface area (Å²) in [7, 11) is -1.13. The molecule has 2 atom stereocenters. The van der Waals surface area contributed by atoms with Gasteiger partial charge in [-0.25, -0.2) is 0 Å². The molecule has 2 rings (SSSR count). The van der Waals surface area contributed by atoms with Crippen molar-refractivity contribution >= 4 is 28.1 Å². The smallest absolute Gasteiger partial charge is 0.0635 e. The van der Waals surface area contributed by atoms with E-state index in [4.69, 9.17) is 22.1 Å². The van der Waals surface area contributed by atoms with E-state index in [9.17, 15) is 4.21 Å². The summed E-state index contributed by atoms with van der Waals surface area (Å²) in [5.74, 6) is 0. The van der Waals surface area contributed by atoms with Crippen molar-refractivity contribution in [1.29, 1.82) is 0 Å². The number of hydrogen-bond acceptors (Lipinski definition) is 3. The Morgan fingerprint density at radius 2 is 2.31 bits per heavy atom. The predicted molar refractivity (Wildman–Crippen MR) is 66.1 cm³/mol. The van der Waals surface area contributed by atoms with Crippen molar-refractivity contribution in [3.8, 4) is 0 Å². The molecule has 1 heterocycles. The van der Waals surface area contributed by atoms with Gasteiger partial charge >= 0.3 is 0 Å². The molecule has 16 heavy (non-hydrogen) atoms. The highest BCUT2D eigenvalue weighted by Gasteiger charge is 2.23. The zero-order valence-electron chi connectivity index (χ0n) is 8.82. The van der Waals surface area contributed by atoms with Crippen LogP contribution < -0.4 is 5.73 Å². The lowest BCUT2D eigenvalue weighted by Crippen LogP contribution is -2.27.